The zero-order chi connectivity index (χ0) is 18.3. The van der Waals surface area contributed by atoms with Crippen molar-refractivity contribution in [3.8, 4) is 0 Å². The number of β-lactam (4-membered cyclic amide) rings is 1. The molecule has 24 heavy (non-hydrogen) atoms. The molecule has 0 aromatic rings. The van der Waals surface area contributed by atoms with E-state index in [1.54, 1.807) is 17.8 Å². The first-order chi connectivity index (χ1) is 11.4. The molecule has 0 aromatic heterocycles. The number of carbonyl (C=O) groups is 3. The lowest BCUT2D eigenvalue weighted by Gasteiger charge is -2.55. The van der Waals surface area contributed by atoms with E-state index in [2.05, 4.69) is 0 Å². The summed E-state index contributed by atoms with van der Waals surface area (Å²) in [6.07, 6.45) is 3.73. The molecule has 8 heteroatoms. The molecular formula is C16H26N2O5S. The number of esters is 1. The molecule has 0 bridgehead atoms. The topological polar surface area (TPSA) is 98.9 Å². The zero-order valence-electron chi connectivity index (χ0n) is 14.6. The lowest BCUT2D eigenvalue weighted by molar-refractivity contribution is -0.215. The van der Waals surface area contributed by atoms with Crippen LogP contribution in [0.1, 0.15) is 33.6 Å². The number of nitrogens with zero attached hydrogens (tertiary/aromatic N) is 1. The number of fused-ring (bicyclic) bond motifs is 1. The van der Waals surface area contributed by atoms with E-state index < -0.39 is 17.7 Å². The Labute approximate surface area is 146 Å². The highest BCUT2D eigenvalue weighted by molar-refractivity contribution is 8.00. The van der Waals surface area contributed by atoms with Crippen molar-refractivity contribution < 1.29 is 23.9 Å². The van der Waals surface area contributed by atoms with Crippen LogP contribution in [0.3, 0.4) is 0 Å². The normalized spacial score (nSPS) is 27.9. The summed E-state index contributed by atoms with van der Waals surface area (Å²) < 4.78 is 10.6. The Morgan fingerprint density at radius 2 is 2.12 bits per heavy atom. The smallest absolute Gasteiger partial charge is 0.360 e. The van der Waals surface area contributed by atoms with Gasteiger partial charge in [0.25, 0.3) is 0 Å². The van der Waals surface area contributed by atoms with Gasteiger partial charge >= 0.3 is 5.97 Å². The predicted molar refractivity (Wildman–Crippen MR) is 92.2 cm³/mol. The van der Waals surface area contributed by atoms with Gasteiger partial charge in [-0.3, -0.25) is 9.69 Å². The minimum absolute atomic E-state index is 0.179. The first kappa shape index (κ1) is 20.7. The fourth-order valence-corrected chi connectivity index (χ4v) is 3.75. The largest absolute Gasteiger partial charge is 0.458 e. The van der Waals surface area contributed by atoms with Gasteiger partial charge in [0.1, 0.15) is 24.3 Å². The van der Waals surface area contributed by atoms with Crippen LogP contribution in [0.2, 0.25) is 0 Å². The van der Waals surface area contributed by atoms with Crippen LogP contribution >= 0.6 is 11.8 Å². The van der Waals surface area contributed by atoms with Crippen molar-refractivity contribution in [2.75, 3.05) is 19.5 Å². The van der Waals surface area contributed by atoms with Crippen LogP contribution in [0.4, 0.5) is 0 Å². The lowest BCUT2D eigenvalue weighted by atomic mass is 9.98. The van der Waals surface area contributed by atoms with E-state index in [0.29, 0.717) is 18.6 Å². The number of carbonyl (C=O) groups excluding carboxylic acids is 3. The molecule has 1 amide bonds. The molecule has 2 aliphatic heterocycles. The van der Waals surface area contributed by atoms with Crippen LogP contribution in [0.15, 0.2) is 11.6 Å². The van der Waals surface area contributed by atoms with E-state index in [9.17, 15) is 14.4 Å². The number of hydrogen-bond acceptors (Lipinski definition) is 7. The summed E-state index contributed by atoms with van der Waals surface area (Å²) in [6, 6.07) is -0.555. The summed E-state index contributed by atoms with van der Waals surface area (Å²) >= 11 is 1.57. The number of thioether (sulfide) groups is 1. The maximum absolute atomic E-state index is 12.4. The molecule has 7 nitrogen and oxygen atoms in total. The molecule has 2 fully saturated rings. The molecule has 0 aromatic carbocycles. The van der Waals surface area contributed by atoms with Crippen LogP contribution in [-0.4, -0.2) is 59.7 Å². The molecule has 0 spiro atoms. The summed E-state index contributed by atoms with van der Waals surface area (Å²) in [5.74, 6) is -0.0838. The molecule has 136 valence electrons. The molecular weight excluding hydrogens is 332 g/mol. The van der Waals surface area contributed by atoms with Gasteiger partial charge in [0.05, 0.1) is 0 Å². The van der Waals surface area contributed by atoms with Crippen LogP contribution in [0.25, 0.3) is 0 Å². The highest BCUT2D eigenvalue weighted by atomic mass is 32.2. The molecule has 0 saturated carbocycles. The van der Waals surface area contributed by atoms with E-state index in [1.807, 2.05) is 20.8 Å². The Bertz CT molecular complexity index is 507. The third-order valence-corrected chi connectivity index (χ3v) is 5.02. The minimum Gasteiger partial charge on any atom is -0.458 e. The second-order valence-electron chi connectivity index (χ2n) is 5.69. The number of allylic oxidation sites excluding steroid dienone is 1. The SMILES string of the molecule is CCC=O.CO[C@@]1(C(=O)OCC=C(C)C)CCS[C@@H]2[C@H](N)C(=O)N21. The standard InChI is InChI=1S/C13H20N2O4S.C3H6O/c1-8(2)4-6-19-12(17)13(18-3)5-7-20-11-9(14)10(16)15(11)13;1-2-3-4/h4,9,11H,5-7,14H2,1-3H3;3H,2H2,1H3/t9-,11-,13-;/m1./s1. The molecule has 2 saturated heterocycles. The fraction of sp³-hybridized carbons (Fsp3) is 0.688. The zero-order valence-corrected chi connectivity index (χ0v) is 15.4. The molecule has 2 heterocycles. The van der Waals surface area contributed by atoms with Crippen molar-refractivity contribution in [2.45, 2.75) is 50.8 Å². The van der Waals surface area contributed by atoms with Crippen LogP contribution in [0.5, 0.6) is 0 Å². The number of aldehydes is 1. The van der Waals surface area contributed by atoms with E-state index in [0.717, 1.165) is 11.9 Å². The van der Waals surface area contributed by atoms with Gasteiger partial charge in [-0.1, -0.05) is 12.5 Å². The van der Waals surface area contributed by atoms with E-state index in [-0.39, 0.29) is 17.9 Å². The van der Waals surface area contributed by atoms with E-state index in [1.165, 1.54) is 12.0 Å². The van der Waals surface area contributed by atoms with Gasteiger partial charge in [-0.05, 0) is 19.9 Å². The van der Waals surface area contributed by atoms with Gasteiger partial charge in [0.15, 0.2) is 0 Å². The second kappa shape index (κ2) is 9.19. The number of nitrogens with two attached hydrogens (primary N) is 1. The molecule has 2 aliphatic rings. The maximum atomic E-state index is 12.4. The molecule has 0 radical (unpaired) electrons. The molecule has 2 rings (SSSR count). The van der Waals surface area contributed by atoms with Gasteiger partial charge in [-0.2, -0.15) is 0 Å². The van der Waals surface area contributed by atoms with Crippen molar-refractivity contribution in [3.63, 3.8) is 0 Å². The summed E-state index contributed by atoms with van der Waals surface area (Å²) in [5.41, 5.74) is 5.50. The Balaban J connectivity index is 0.000000648. The number of rotatable bonds is 5. The van der Waals surface area contributed by atoms with Crippen molar-refractivity contribution in [2.24, 2.45) is 5.73 Å². The van der Waals surface area contributed by atoms with Crippen molar-refractivity contribution >= 4 is 29.9 Å². The Kier molecular flexibility index (Phi) is 7.92. The van der Waals surface area contributed by atoms with Crippen molar-refractivity contribution in [1.29, 1.82) is 0 Å². The summed E-state index contributed by atoms with van der Waals surface area (Å²) in [4.78, 5) is 34.9. The highest BCUT2D eigenvalue weighted by Gasteiger charge is 2.62. The first-order valence-corrected chi connectivity index (χ1v) is 8.90. The predicted octanol–water partition coefficient (Wildman–Crippen LogP) is 1.07. The summed E-state index contributed by atoms with van der Waals surface area (Å²) in [5, 5.41) is -0.202. The molecule has 2 N–H and O–H groups in total. The van der Waals surface area contributed by atoms with Crippen LogP contribution < -0.4 is 5.73 Å². The lowest BCUT2D eigenvalue weighted by Crippen LogP contribution is -2.78. The number of hydrogen-bond donors (Lipinski definition) is 1. The quantitative estimate of drug-likeness (QED) is 0.340. The average molecular weight is 358 g/mol. The Hall–Kier alpha value is -1.38. The molecule has 0 aliphatic carbocycles. The minimum atomic E-state index is -1.32. The van der Waals surface area contributed by atoms with Gasteiger partial charge in [-0.25, -0.2) is 4.79 Å². The van der Waals surface area contributed by atoms with Crippen molar-refractivity contribution in [1.82, 2.24) is 4.90 Å². The van der Waals surface area contributed by atoms with Gasteiger partial charge in [-0.15, -0.1) is 11.8 Å². The summed E-state index contributed by atoms with van der Waals surface area (Å²) in [7, 11) is 1.42. The highest BCUT2D eigenvalue weighted by Crippen LogP contribution is 2.43. The van der Waals surface area contributed by atoms with E-state index >= 15 is 0 Å². The number of methoxy groups -OCH3 is 1. The van der Waals surface area contributed by atoms with Crippen LogP contribution in [0, 0.1) is 0 Å². The maximum Gasteiger partial charge on any atom is 0.360 e. The van der Waals surface area contributed by atoms with Crippen molar-refractivity contribution in [3.05, 3.63) is 11.6 Å². The van der Waals surface area contributed by atoms with Gasteiger partial charge in [0.2, 0.25) is 11.6 Å². The third kappa shape index (κ3) is 4.17. The average Bonchev–Trinajstić information content (AvgIpc) is 2.59. The monoisotopic (exact) mass is 358 g/mol. The first-order valence-electron chi connectivity index (χ1n) is 7.85. The number of amides is 1. The molecule has 0 unspecified atom stereocenters. The third-order valence-electron chi connectivity index (χ3n) is 3.73. The summed E-state index contributed by atoms with van der Waals surface area (Å²) in [6.45, 7) is 5.83. The van der Waals surface area contributed by atoms with Gasteiger partial charge in [0, 0.05) is 25.7 Å². The Morgan fingerprint density at radius 1 is 1.50 bits per heavy atom. The van der Waals surface area contributed by atoms with E-state index in [4.69, 9.17) is 15.2 Å². The van der Waals surface area contributed by atoms with Crippen LogP contribution in [-0.2, 0) is 23.9 Å². The second-order valence-corrected chi connectivity index (χ2v) is 6.91. The Morgan fingerprint density at radius 3 is 2.62 bits per heavy atom. The number of ether oxygens (including phenoxy) is 2. The molecule has 3 atom stereocenters. The van der Waals surface area contributed by atoms with Gasteiger partial charge < -0.3 is 20.0 Å². The fourth-order valence-electron chi connectivity index (χ4n) is 2.37.